The Kier molecular flexibility index (Phi) is 5.54. The van der Waals surface area contributed by atoms with E-state index in [0.29, 0.717) is 19.3 Å². The maximum Gasteiger partial charge on any atom is 0.416 e. The summed E-state index contributed by atoms with van der Waals surface area (Å²) in [5.74, 6) is -0.481. The van der Waals surface area contributed by atoms with Crippen LogP contribution < -0.4 is 10.5 Å². The van der Waals surface area contributed by atoms with Gasteiger partial charge in [-0.25, -0.2) is 13.6 Å². The van der Waals surface area contributed by atoms with E-state index in [-0.39, 0.29) is 11.3 Å². The molecule has 1 aliphatic carbocycles. The Hall–Kier alpha value is -2.66. The molecule has 1 fully saturated rings. The van der Waals surface area contributed by atoms with E-state index in [1.54, 1.807) is 0 Å². The number of non-ortho nitro benzene ring substituents is 1. The quantitative estimate of drug-likeness (QED) is 0.550. The van der Waals surface area contributed by atoms with Crippen molar-refractivity contribution in [1.82, 2.24) is 0 Å². The van der Waals surface area contributed by atoms with E-state index < -0.39 is 49.2 Å². The Morgan fingerprint density at radius 1 is 1.14 bits per heavy atom. The summed E-state index contributed by atoms with van der Waals surface area (Å²) in [5, 5.41) is 19.2. The monoisotopic (exact) mass is 429 g/mol. The third-order valence-corrected chi connectivity index (χ3v) is 5.86. The lowest BCUT2D eigenvalue weighted by Crippen LogP contribution is -2.25. The van der Waals surface area contributed by atoms with Gasteiger partial charge in [0, 0.05) is 29.8 Å². The van der Waals surface area contributed by atoms with Gasteiger partial charge in [-0.2, -0.15) is 13.2 Å². The lowest BCUT2D eigenvalue weighted by molar-refractivity contribution is -0.385. The molecule has 2 unspecified atom stereocenters. The lowest BCUT2D eigenvalue weighted by Gasteiger charge is -2.25. The van der Waals surface area contributed by atoms with Crippen molar-refractivity contribution in [3.05, 3.63) is 63.7 Å². The Balaban J connectivity index is 1.97. The molecule has 0 bridgehead atoms. The zero-order chi connectivity index (χ0) is 21.4. The summed E-state index contributed by atoms with van der Waals surface area (Å²) in [6.07, 6.45) is -2.81. The molecule has 2 aromatic rings. The lowest BCUT2D eigenvalue weighted by atomic mass is 9.89. The first-order chi connectivity index (χ1) is 13.5. The van der Waals surface area contributed by atoms with E-state index in [4.69, 9.17) is 5.14 Å². The Morgan fingerprint density at radius 3 is 2.45 bits per heavy atom. The minimum atomic E-state index is -4.50. The van der Waals surface area contributed by atoms with Crippen LogP contribution in [0.15, 0.2) is 47.4 Å². The molecule has 3 rings (SSSR count). The van der Waals surface area contributed by atoms with E-state index in [1.807, 2.05) is 0 Å². The smallest absolute Gasteiger partial charge is 0.381 e. The summed E-state index contributed by atoms with van der Waals surface area (Å²) in [4.78, 5) is 9.92. The van der Waals surface area contributed by atoms with E-state index in [9.17, 15) is 31.7 Å². The molecule has 2 aromatic carbocycles. The van der Waals surface area contributed by atoms with Gasteiger partial charge in [0.05, 0.1) is 15.4 Å². The van der Waals surface area contributed by atoms with Crippen molar-refractivity contribution in [3.63, 3.8) is 0 Å². The number of hydrogen-bond acceptors (Lipinski definition) is 5. The average molecular weight is 429 g/mol. The SMILES string of the molecule is NS(=O)(=O)c1cc(NC2CCCC2c2ccccc2C(F)(F)F)cc([N+](=O)[O-])c1. The number of nitro groups is 1. The maximum absolute atomic E-state index is 13.4. The standard InChI is InChI=1S/C18H18F3N3O4S/c19-18(20,21)16-6-2-1-4-14(16)15-5-3-7-17(15)23-11-8-12(24(25)26)10-13(9-11)29(22,27)28/h1-2,4,6,8-10,15,17,23H,3,5,7H2,(H2,22,27,28). The third-order valence-electron chi connectivity index (χ3n) is 4.96. The number of nitrogens with zero attached hydrogens (tertiary/aromatic N) is 1. The van der Waals surface area contributed by atoms with Crippen LogP contribution in [-0.2, 0) is 16.2 Å². The van der Waals surface area contributed by atoms with E-state index in [2.05, 4.69) is 5.32 Å². The summed E-state index contributed by atoms with van der Waals surface area (Å²) in [7, 11) is -4.20. The Morgan fingerprint density at radius 2 is 1.83 bits per heavy atom. The van der Waals surface area contributed by atoms with Crippen molar-refractivity contribution in [2.75, 3.05) is 5.32 Å². The van der Waals surface area contributed by atoms with Crippen LogP contribution in [0, 0.1) is 10.1 Å². The van der Waals surface area contributed by atoms with Crippen molar-refractivity contribution in [2.45, 2.75) is 42.3 Å². The second-order valence-corrected chi connectivity index (χ2v) is 8.45. The third kappa shape index (κ3) is 4.67. The van der Waals surface area contributed by atoms with Crippen LogP contribution in [0.2, 0.25) is 0 Å². The zero-order valence-electron chi connectivity index (χ0n) is 15.0. The van der Waals surface area contributed by atoms with Gasteiger partial charge in [0.15, 0.2) is 0 Å². The molecule has 0 radical (unpaired) electrons. The molecular formula is C18H18F3N3O4S. The van der Waals surface area contributed by atoms with Crippen molar-refractivity contribution in [1.29, 1.82) is 0 Å². The number of nitrogens with one attached hydrogen (secondary N) is 1. The first kappa shape index (κ1) is 21.1. The first-order valence-electron chi connectivity index (χ1n) is 8.72. The largest absolute Gasteiger partial charge is 0.416 e. The van der Waals surface area contributed by atoms with Gasteiger partial charge >= 0.3 is 6.18 Å². The highest BCUT2D eigenvalue weighted by atomic mass is 32.2. The molecule has 0 aromatic heterocycles. The van der Waals surface area contributed by atoms with Gasteiger partial charge in [-0.1, -0.05) is 24.6 Å². The van der Waals surface area contributed by atoms with Crippen molar-refractivity contribution in [2.24, 2.45) is 5.14 Å². The summed E-state index contributed by atoms with van der Waals surface area (Å²) in [5.41, 5.74) is -0.941. The van der Waals surface area contributed by atoms with E-state index in [0.717, 1.165) is 24.3 Å². The molecule has 3 N–H and O–H groups in total. The summed E-state index contributed by atoms with van der Waals surface area (Å²) in [6.45, 7) is 0. The predicted molar refractivity (Wildman–Crippen MR) is 99.9 cm³/mol. The van der Waals surface area contributed by atoms with Gasteiger partial charge in [-0.15, -0.1) is 0 Å². The number of nitrogens with two attached hydrogens (primary N) is 1. The average Bonchev–Trinajstić information content (AvgIpc) is 3.08. The van der Waals surface area contributed by atoms with Gasteiger partial charge in [0.2, 0.25) is 10.0 Å². The minimum Gasteiger partial charge on any atom is -0.381 e. The molecular weight excluding hydrogens is 411 g/mol. The fourth-order valence-corrected chi connectivity index (χ4v) is 4.31. The van der Waals surface area contributed by atoms with Crippen LogP contribution in [0.5, 0.6) is 0 Å². The van der Waals surface area contributed by atoms with Crippen LogP contribution in [0.4, 0.5) is 24.5 Å². The summed E-state index contributed by atoms with van der Waals surface area (Å²) in [6, 6.07) is 7.98. The fraction of sp³-hybridized carbons (Fsp3) is 0.333. The van der Waals surface area contributed by atoms with Crippen molar-refractivity contribution in [3.8, 4) is 0 Å². The number of sulfonamides is 1. The molecule has 1 saturated carbocycles. The molecule has 29 heavy (non-hydrogen) atoms. The second-order valence-electron chi connectivity index (χ2n) is 6.89. The second kappa shape index (κ2) is 7.64. The van der Waals surface area contributed by atoms with Gasteiger partial charge in [-0.3, -0.25) is 10.1 Å². The van der Waals surface area contributed by atoms with Crippen molar-refractivity contribution < 1.29 is 26.5 Å². The highest BCUT2D eigenvalue weighted by molar-refractivity contribution is 7.89. The highest BCUT2D eigenvalue weighted by Gasteiger charge is 2.38. The molecule has 0 heterocycles. The molecule has 0 aliphatic heterocycles. The molecule has 7 nitrogen and oxygen atoms in total. The minimum absolute atomic E-state index is 0.115. The highest BCUT2D eigenvalue weighted by Crippen LogP contribution is 2.42. The molecule has 2 atom stereocenters. The molecule has 0 spiro atoms. The maximum atomic E-state index is 13.4. The van der Waals surface area contributed by atoms with Crippen LogP contribution in [-0.4, -0.2) is 19.4 Å². The number of nitro benzene ring substituents is 1. The van der Waals surface area contributed by atoms with Crippen LogP contribution in [0.3, 0.4) is 0 Å². The topological polar surface area (TPSA) is 115 Å². The van der Waals surface area contributed by atoms with E-state index >= 15 is 0 Å². The van der Waals surface area contributed by atoms with Gasteiger partial charge in [-0.05, 0) is 30.5 Å². The Labute approximate surface area is 164 Å². The van der Waals surface area contributed by atoms with Crippen LogP contribution >= 0.6 is 0 Å². The number of rotatable bonds is 5. The molecule has 156 valence electrons. The number of anilines is 1. The zero-order valence-corrected chi connectivity index (χ0v) is 15.8. The number of hydrogen-bond donors (Lipinski definition) is 2. The Bertz CT molecular complexity index is 1040. The predicted octanol–water partition coefficient (Wildman–Crippen LogP) is 4.01. The van der Waals surface area contributed by atoms with Crippen LogP contribution in [0.1, 0.15) is 36.3 Å². The number of halogens is 3. The fourth-order valence-electron chi connectivity index (χ4n) is 3.73. The number of alkyl halides is 3. The molecule has 0 amide bonds. The van der Waals surface area contributed by atoms with Crippen molar-refractivity contribution >= 4 is 21.4 Å². The van der Waals surface area contributed by atoms with Gasteiger partial charge in [0.1, 0.15) is 0 Å². The van der Waals surface area contributed by atoms with Gasteiger partial charge in [0.25, 0.3) is 5.69 Å². The number of primary sulfonamides is 1. The molecule has 1 aliphatic rings. The normalized spacial score (nSPS) is 19.9. The van der Waals surface area contributed by atoms with Gasteiger partial charge < -0.3 is 5.32 Å². The molecule has 11 heteroatoms. The summed E-state index contributed by atoms with van der Waals surface area (Å²) < 4.78 is 63.5. The number of benzene rings is 2. The first-order valence-corrected chi connectivity index (χ1v) is 10.3. The van der Waals surface area contributed by atoms with Crippen LogP contribution in [0.25, 0.3) is 0 Å². The van der Waals surface area contributed by atoms with E-state index in [1.165, 1.54) is 18.2 Å². The molecule has 0 saturated heterocycles. The summed E-state index contributed by atoms with van der Waals surface area (Å²) >= 11 is 0.